The maximum Gasteiger partial charge on any atom is 0.218 e. The van der Waals surface area contributed by atoms with Crippen LogP contribution in [0, 0.1) is 0 Å². The molecule has 1 aromatic rings. The van der Waals surface area contributed by atoms with Gasteiger partial charge in [0.2, 0.25) is 10.0 Å². The lowest BCUT2D eigenvalue weighted by molar-refractivity contribution is 0.521. The van der Waals surface area contributed by atoms with Gasteiger partial charge in [-0.1, -0.05) is 0 Å². The summed E-state index contributed by atoms with van der Waals surface area (Å²) in [5.74, 6) is 0. The quantitative estimate of drug-likeness (QED) is 0.614. The van der Waals surface area contributed by atoms with Crippen LogP contribution < -0.4 is 0 Å². The third kappa shape index (κ3) is 1.46. The van der Waals surface area contributed by atoms with E-state index < -0.39 is 10.0 Å². The number of hydrogen-bond donors (Lipinski definition) is 0. The fourth-order valence-electron chi connectivity index (χ4n) is 0.739. The first-order valence-electron chi connectivity index (χ1n) is 3.19. The topological polar surface area (TPSA) is 37.4 Å². The first-order chi connectivity index (χ1) is 5.05. The smallest absolute Gasteiger partial charge is 0.212 e. The Kier molecular flexibility index (Phi) is 2.06. The Hall–Kier alpha value is -0.740. The Labute approximate surface area is 66.7 Å². The lowest BCUT2D eigenvalue weighted by atomic mass is 10.7. The molecule has 0 N–H and O–H groups in total. The van der Waals surface area contributed by atoms with E-state index >= 15 is 0 Å². The summed E-state index contributed by atoms with van der Waals surface area (Å²) in [5, 5.41) is 0. The van der Waals surface area contributed by atoms with E-state index in [1.54, 1.807) is 24.3 Å². The van der Waals surface area contributed by atoms with Gasteiger partial charge in [-0.15, -0.1) is 0 Å². The molecule has 0 atom stereocenters. The molecule has 0 aliphatic rings. The number of rotatable bonds is 2. The molecule has 3 nitrogen and oxygen atoms in total. The lowest BCUT2D eigenvalue weighted by Crippen LogP contribution is -2.21. The monoisotopic (exact) mass is 172 g/mol. The molecule has 0 aliphatic carbocycles. The standard InChI is InChI=1S/C7H10NO2S/c1-8(2)11(9,10)7-5-3-4-6-7/h3-6H,1-2H3/q-1. The Morgan fingerprint density at radius 1 is 1.45 bits per heavy atom. The number of hydrogen-bond acceptors (Lipinski definition) is 2. The Morgan fingerprint density at radius 2 is 2.09 bits per heavy atom. The Bertz CT molecular complexity index is 310. The van der Waals surface area contributed by atoms with Gasteiger partial charge in [-0.3, -0.25) is 0 Å². The molecule has 0 aliphatic heterocycles. The summed E-state index contributed by atoms with van der Waals surface area (Å²) in [5.41, 5.74) is 0. The summed E-state index contributed by atoms with van der Waals surface area (Å²) in [4.78, 5) is 0.350. The number of sulfonamides is 1. The highest BCUT2D eigenvalue weighted by atomic mass is 32.2. The zero-order valence-electron chi connectivity index (χ0n) is 6.48. The molecule has 0 saturated carbocycles. The van der Waals surface area contributed by atoms with Gasteiger partial charge in [0.1, 0.15) is 0 Å². The minimum Gasteiger partial charge on any atom is -0.212 e. The average Bonchev–Trinajstić information content (AvgIpc) is 2.37. The molecule has 0 amide bonds. The average molecular weight is 172 g/mol. The van der Waals surface area contributed by atoms with Crippen LogP contribution in [0.25, 0.3) is 0 Å². The molecule has 0 fully saturated rings. The van der Waals surface area contributed by atoms with Gasteiger partial charge >= 0.3 is 0 Å². The molecule has 4 heteroatoms. The molecule has 1 aromatic carbocycles. The van der Waals surface area contributed by atoms with E-state index in [9.17, 15) is 8.42 Å². The summed E-state index contributed by atoms with van der Waals surface area (Å²) >= 11 is 0. The van der Waals surface area contributed by atoms with Gasteiger partial charge in [0.25, 0.3) is 0 Å². The fourth-order valence-corrected chi connectivity index (χ4v) is 1.66. The lowest BCUT2D eigenvalue weighted by Gasteiger charge is -2.11. The van der Waals surface area contributed by atoms with Crippen LogP contribution in [-0.4, -0.2) is 26.8 Å². The van der Waals surface area contributed by atoms with Gasteiger partial charge in [-0.05, 0) is 4.90 Å². The summed E-state index contributed by atoms with van der Waals surface area (Å²) in [6.45, 7) is 0. The molecule has 0 bridgehead atoms. The first kappa shape index (κ1) is 8.36. The Balaban J connectivity index is 3.12. The Morgan fingerprint density at radius 3 is 2.45 bits per heavy atom. The summed E-state index contributed by atoms with van der Waals surface area (Å²) in [6, 6.07) is 6.57. The first-order valence-corrected chi connectivity index (χ1v) is 4.63. The molecule has 1 rings (SSSR count). The van der Waals surface area contributed by atoms with Crippen molar-refractivity contribution in [3.63, 3.8) is 0 Å². The van der Waals surface area contributed by atoms with E-state index in [0.717, 1.165) is 0 Å². The maximum atomic E-state index is 11.3. The van der Waals surface area contributed by atoms with Crippen molar-refractivity contribution in [2.45, 2.75) is 4.90 Å². The van der Waals surface area contributed by atoms with Gasteiger partial charge in [0.05, 0.1) is 0 Å². The van der Waals surface area contributed by atoms with Gasteiger partial charge in [-0.2, -0.15) is 18.2 Å². The second-order valence-corrected chi connectivity index (χ2v) is 4.56. The van der Waals surface area contributed by atoms with E-state index in [2.05, 4.69) is 0 Å². The summed E-state index contributed by atoms with van der Waals surface area (Å²) in [7, 11) is -0.168. The normalized spacial score (nSPS) is 12.3. The molecular formula is C7H10NO2S-. The highest BCUT2D eigenvalue weighted by Gasteiger charge is 2.11. The van der Waals surface area contributed by atoms with Crippen molar-refractivity contribution in [3.05, 3.63) is 24.3 Å². The van der Waals surface area contributed by atoms with E-state index in [0.29, 0.717) is 4.90 Å². The molecule has 0 spiro atoms. The van der Waals surface area contributed by atoms with Crippen LogP contribution in [0.5, 0.6) is 0 Å². The second kappa shape index (κ2) is 2.71. The van der Waals surface area contributed by atoms with Crippen LogP contribution in [-0.2, 0) is 10.0 Å². The molecule has 0 saturated heterocycles. The third-order valence-corrected chi connectivity index (χ3v) is 3.24. The van der Waals surface area contributed by atoms with Gasteiger partial charge in [0, 0.05) is 14.1 Å². The van der Waals surface area contributed by atoms with Crippen molar-refractivity contribution >= 4 is 10.0 Å². The third-order valence-electron chi connectivity index (χ3n) is 1.41. The molecule has 11 heavy (non-hydrogen) atoms. The van der Waals surface area contributed by atoms with Crippen molar-refractivity contribution < 1.29 is 8.42 Å². The van der Waals surface area contributed by atoms with Crippen LogP contribution in [0.3, 0.4) is 0 Å². The van der Waals surface area contributed by atoms with Crippen molar-refractivity contribution in [3.8, 4) is 0 Å². The number of nitrogens with zero attached hydrogens (tertiary/aromatic N) is 1. The van der Waals surface area contributed by atoms with Crippen molar-refractivity contribution in [2.24, 2.45) is 0 Å². The summed E-state index contributed by atoms with van der Waals surface area (Å²) in [6.07, 6.45) is 0. The predicted molar refractivity (Wildman–Crippen MR) is 42.9 cm³/mol. The van der Waals surface area contributed by atoms with Crippen molar-refractivity contribution in [1.29, 1.82) is 0 Å². The molecule has 0 heterocycles. The molecule has 0 radical (unpaired) electrons. The van der Waals surface area contributed by atoms with Gasteiger partial charge in [-0.25, -0.2) is 18.8 Å². The van der Waals surface area contributed by atoms with Gasteiger partial charge < -0.3 is 0 Å². The van der Waals surface area contributed by atoms with Crippen LogP contribution >= 0.6 is 0 Å². The van der Waals surface area contributed by atoms with Crippen molar-refractivity contribution in [1.82, 2.24) is 4.31 Å². The van der Waals surface area contributed by atoms with E-state index in [-0.39, 0.29) is 0 Å². The van der Waals surface area contributed by atoms with E-state index in [4.69, 9.17) is 0 Å². The van der Waals surface area contributed by atoms with Crippen LogP contribution in [0.1, 0.15) is 0 Å². The fraction of sp³-hybridized carbons (Fsp3) is 0.286. The van der Waals surface area contributed by atoms with Crippen LogP contribution in [0.15, 0.2) is 29.2 Å². The van der Waals surface area contributed by atoms with Gasteiger partial charge in [0.15, 0.2) is 0 Å². The predicted octanol–water partition coefficient (Wildman–Crippen LogP) is 0.656. The SMILES string of the molecule is CN(C)S(=O)(=O)c1ccc[cH-]1. The second-order valence-electron chi connectivity index (χ2n) is 2.41. The van der Waals surface area contributed by atoms with Crippen molar-refractivity contribution in [2.75, 3.05) is 14.1 Å². The minimum atomic E-state index is -3.20. The molecular weight excluding hydrogens is 162 g/mol. The van der Waals surface area contributed by atoms with Crippen LogP contribution in [0.4, 0.5) is 0 Å². The molecule has 0 unspecified atom stereocenters. The van der Waals surface area contributed by atoms with Crippen LogP contribution in [0.2, 0.25) is 0 Å². The maximum absolute atomic E-state index is 11.3. The largest absolute Gasteiger partial charge is 0.218 e. The zero-order chi connectivity index (χ0) is 8.48. The molecule has 62 valence electrons. The zero-order valence-corrected chi connectivity index (χ0v) is 7.30. The molecule has 0 aromatic heterocycles. The minimum absolute atomic E-state index is 0.350. The highest BCUT2D eigenvalue weighted by molar-refractivity contribution is 7.89. The van der Waals surface area contributed by atoms with E-state index in [1.165, 1.54) is 18.4 Å². The highest BCUT2D eigenvalue weighted by Crippen LogP contribution is 2.11. The van der Waals surface area contributed by atoms with E-state index in [1.807, 2.05) is 0 Å². The summed E-state index contributed by atoms with van der Waals surface area (Å²) < 4.78 is 23.8.